The van der Waals surface area contributed by atoms with Crippen LogP contribution < -0.4 is 0 Å². The molecule has 2 aromatic rings. The van der Waals surface area contributed by atoms with E-state index >= 15 is 0 Å². The molecule has 1 unspecified atom stereocenters. The van der Waals surface area contributed by atoms with Gasteiger partial charge in [0.05, 0.1) is 0 Å². The van der Waals surface area contributed by atoms with Crippen LogP contribution in [-0.2, 0) is 6.42 Å². The van der Waals surface area contributed by atoms with Crippen LogP contribution in [0.15, 0.2) is 35.3 Å². The van der Waals surface area contributed by atoms with Crippen LogP contribution in [0.3, 0.4) is 0 Å². The lowest BCUT2D eigenvalue weighted by Gasteiger charge is -2.38. The predicted molar refractivity (Wildman–Crippen MR) is 93.8 cm³/mol. The van der Waals surface area contributed by atoms with Gasteiger partial charge < -0.3 is 4.90 Å². The van der Waals surface area contributed by atoms with Gasteiger partial charge in [-0.3, -0.25) is 14.7 Å². The number of thiophene rings is 1. The molecule has 1 aliphatic heterocycles. The Hall–Kier alpha value is -1.72. The Morgan fingerprint density at radius 3 is 2.74 bits per heavy atom. The molecule has 0 aromatic carbocycles. The molecule has 4 nitrogen and oxygen atoms in total. The summed E-state index contributed by atoms with van der Waals surface area (Å²) in [7, 11) is 0. The van der Waals surface area contributed by atoms with Crippen molar-refractivity contribution in [3.63, 3.8) is 0 Å². The first-order valence-electron chi connectivity index (χ1n) is 8.19. The van der Waals surface area contributed by atoms with Gasteiger partial charge in [0.15, 0.2) is 0 Å². The lowest BCUT2D eigenvalue weighted by Crippen LogP contribution is -2.49. The van der Waals surface area contributed by atoms with E-state index in [0.717, 1.165) is 43.7 Å². The zero-order chi connectivity index (χ0) is 16.2. The van der Waals surface area contributed by atoms with E-state index in [-0.39, 0.29) is 5.91 Å². The van der Waals surface area contributed by atoms with Crippen molar-refractivity contribution < 1.29 is 4.79 Å². The van der Waals surface area contributed by atoms with Crippen LogP contribution in [0, 0.1) is 0 Å². The van der Waals surface area contributed by atoms with Crippen LogP contribution in [0.1, 0.15) is 41.4 Å². The van der Waals surface area contributed by atoms with Crippen molar-refractivity contribution in [1.29, 1.82) is 0 Å². The molecule has 0 radical (unpaired) electrons. The summed E-state index contributed by atoms with van der Waals surface area (Å²) in [5, 5.41) is 4.34. The summed E-state index contributed by atoms with van der Waals surface area (Å²) in [6.45, 7) is 7.74. The number of hydrogen-bond acceptors (Lipinski definition) is 4. The Kier molecular flexibility index (Phi) is 5.08. The summed E-state index contributed by atoms with van der Waals surface area (Å²) in [5.41, 5.74) is 3.21. The number of carbonyl (C=O) groups is 1. The van der Waals surface area contributed by atoms with Gasteiger partial charge in [0, 0.05) is 50.2 Å². The van der Waals surface area contributed by atoms with Gasteiger partial charge >= 0.3 is 0 Å². The van der Waals surface area contributed by atoms with Crippen LogP contribution in [0.25, 0.3) is 0 Å². The van der Waals surface area contributed by atoms with E-state index in [9.17, 15) is 4.79 Å². The first-order valence-corrected chi connectivity index (χ1v) is 9.13. The van der Waals surface area contributed by atoms with Gasteiger partial charge in [0.2, 0.25) is 0 Å². The molecule has 0 N–H and O–H groups in total. The van der Waals surface area contributed by atoms with Gasteiger partial charge in [-0.05, 0) is 47.4 Å². The quantitative estimate of drug-likeness (QED) is 0.864. The van der Waals surface area contributed by atoms with E-state index in [0.29, 0.717) is 6.04 Å². The minimum atomic E-state index is 0.145. The molecule has 1 aliphatic rings. The van der Waals surface area contributed by atoms with Crippen molar-refractivity contribution in [1.82, 2.24) is 14.8 Å². The number of pyridine rings is 1. The average molecular weight is 329 g/mol. The number of hydrogen-bond donors (Lipinski definition) is 0. The van der Waals surface area contributed by atoms with Crippen molar-refractivity contribution in [2.24, 2.45) is 0 Å². The van der Waals surface area contributed by atoms with Crippen LogP contribution in [0.4, 0.5) is 0 Å². The highest BCUT2D eigenvalue weighted by Gasteiger charge is 2.26. The van der Waals surface area contributed by atoms with E-state index in [2.05, 4.69) is 40.6 Å². The van der Waals surface area contributed by atoms with E-state index in [1.807, 2.05) is 17.2 Å². The highest BCUT2D eigenvalue weighted by atomic mass is 32.1. The van der Waals surface area contributed by atoms with Crippen molar-refractivity contribution in [2.45, 2.75) is 26.3 Å². The SMILES string of the molecule is CCc1cnccc1C(=O)N1CCN(C(C)c2ccsc2)CC1. The molecule has 122 valence electrons. The van der Waals surface area contributed by atoms with Crippen LogP contribution in [0.2, 0.25) is 0 Å². The van der Waals surface area contributed by atoms with Gasteiger partial charge in [0.1, 0.15) is 0 Å². The summed E-state index contributed by atoms with van der Waals surface area (Å²) < 4.78 is 0. The number of piperazine rings is 1. The van der Waals surface area contributed by atoms with Crippen LogP contribution in [-0.4, -0.2) is 46.9 Å². The number of rotatable bonds is 4. The Morgan fingerprint density at radius 1 is 1.30 bits per heavy atom. The molecule has 3 rings (SSSR count). The minimum Gasteiger partial charge on any atom is -0.336 e. The molecule has 5 heteroatoms. The smallest absolute Gasteiger partial charge is 0.254 e. The maximum absolute atomic E-state index is 12.8. The lowest BCUT2D eigenvalue weighted by molar-refractivity contribution is 0.0581. The maximum atomic E-state index is 12.8. The highest BCUT2D eigenvalue weighted by Crippen LogP contribution is 2.24. The summed E-state index contributed by atoms with van der Waals surface area (Å²) >= 11 is 1.74. The molecule has 0 saturated carbocycles. The van der Waals surface area contributed by atoms with Gasteiger partial charge in [-0.15, -0.1) is 0 Å². The monoisotopic (exact) mass is 329 g/mol. The molecule has 1 atom stereocenters. The Bertz CT molecular complexity index is 648. The molecule has 0 spiro atoms. The summed E-state index contributed by atoms with van der Waals surface area (Å²) in [6, 6.07) is 4.46. The molecular weight excluding hydrogens is 306 g/mol. The second-order valence-electron chi connectivity index (χ2n) is 5.95. The van der Waals surface area contributed by atoms with E-state index in [4.69, 9.17) is 0 Å². The maximum Gasteiger partial charge on any atom is 0.254 e. The third kappa shape index (κ3) is 3.46. The van der Waals surface area contributed by atoms with Gasteiger partial charge in [-0.1, -0.05) is 6.92 Å². The van der Waals surface area contributed by atoms with Crippen molar-refractivity contribution in [3.8, 4) is 0 Å². The highest BCUT2D eigenvalue weighted by molar-refractivity contribution is 7.07. The molecule has 0 aliphatic carbocycles. The topological polar surface area (TPSA) is 36.4 Å². The Labute approximate surface area is 141 Å². The third-order valence-corrected chi connectivity index (χ3v) is 5.39. The van der Waals surface area contributed by atoms with E-state index in [1.54, 1.807) is 17.5 Å². The molecule has 1 amide bonds. The first kappa shape index (κ1) is 16.1. The normalized spacial score (nSPS) is 17.2. The molecular formula is C18H23N3OS. The second kappa shape index (κ2) is 7.23. The third-order valence-electron chi connectivity index (χ3n) is 4.69. The van der Waals surface area contributed by atoms with Crippen LogP contribution >= 0.6 is 11.3 Å². The molecule has 3 heterocycles. The van der Waals surface area contributed by atoms with E-state index < -0.39 is 0 Å². The number of aromatic nitrogens is 1. The molecule has 2 aromatic heterocycles. The van der Waals surface area contributed by atoms with Crippen molar-refractivity contribution >= 4 is 17.2 Å². The minimum absolute atomic E-state index is 0.145. The second-order valence-corrected chi connectivity index (χ2v) is 6.73. The number of aryl methyl sites for hydroxylation is 1. The van der Waals surface area contributed by atoms with E-state index in [1.165, 1.54) is 5.56 Å². The molecule has 1 saturated heterocycles. The van der Waals surface area contributed by atoms with Crippen LogP contribution in [0.5, 0.6) is 0 Å². The fourth-order valence-electron chi connectivity index (χ4n) is 3.12. The summed E-state index contributed by atoms with van der Waals surface area (Å²) in [6.07, 6.45) is 4.35. The van der Waals surface area contributed by atoms with Crippen molar-refractivity contribution in [2.75, 3.05) is 26.2 Å². The zero-order valence-electron chi connectivity index (χ0n) is 13.7. The number of amides is 1. The largest absolute Gasteiger partial charge is 0.336 e. The summed E-state index contributed by atoms with van der Waals surface area (Å²) in [4.78, 5) is 21.3. The average Bonchev–Trinajstić information content (AvgIpc) is 3.15. The molecule has 23 heavy (non-hydrogen) atoms. The van der Waals surface area contributed by atoms with Crippen molar-refractivity contribution in [3.05, 3.63) is 52.0 Å². The standard InChI is InChI=1S/C18H23N3OS/c1-3-15-12-19-6-4-17(15)18(22)21-9-7-20(8-10-21)14(2)16-5-11-23-13-16/h4-6,11-14H,3,7-10H2,1-2H3. The zero-order valence-corrected chi connectivity index (χ0v) is 14.6. The number of nitrogens with zero attached hydrogens (tertiary/aromatic N) is 3. The van der Waals surface area contributed by atoms with Gasteiger partial charge in [-0.2, -0.15) is 11.3 Å². The number of carbonyl (C=O) groups excluding carboxylic acids is 1. The first-order chi connectivity index (χ1) is 11.2. The fourth-order valence-corrected chi connectivity index (χ4v) is 3.87. The molecule has 1 fully saturated rings. The molecule has 0 bridgehead atoms. The fraction of sp³-hybridized carbons (Fsp3) is 0.444. The summed E-state index contributed by atoms with van der Waals surface area (Å²) in [5.74, 6) is 0.145. The van der Waals surface area contributed by atoms with Gasteiger partial charge in [0.25, 0.3) is 5.91 Å². The predicted octanol–water partition coefficient (Wildman–Crippen LogP) is 3.22. The van der Waals surface area contributed by atoms with Gasteiger partial charge in [-0.25, -0.2) is 0 Å². The Balaban J connectivity index is 1.63. The Morgan fingerprint density at radius 2 is 2.09 bits per heavy atom. The lowest BCUT2D eigenvalue weighted by atomic mass is 10.1.